The van der Waals surface area contributed by atoms with Gasteiger partial charge < -0.3 is 11.1 Å². The summed E-state index contributed by atoms with van der Waals surface area (Å²) < 4.78 is 0. The van der Waals surface area contributed by atoms with Crippen LogP contribution in [0.3, 0.4) is 0 Å². The molecular weight excluding hydrogens is 304 g/mol. The number of rotatable bonds is 9. The summed E-state index contributed by atoms with van der Waals surface area (Å²) in [5.41, 5.74) is 8.00. The molecule has 0 spiro atoms. The molecule has 122 valence electrons. The number of nitrogens with one attached hydrogen (secondary N) is 1. The Kier molecular flexibility index (Phi) is 7.17. The van der Waals surface area contributed by atoms with Crippen LogP contribution in [0.4, 0.5) is 0 Å². The zero-order valence-corrected chi connectivity index (χ0v) is 14.3. The van der Waals surface area contributed by atoms with Crippen molar-refractivity contribution in [1.82, 2.24) is 5.32 Å². The Labute approximate surface area is 142 Å². The number of benzene rings is 2. The Hall–Kier alpha value is -1.78. The summed E-state index contributed by atoms with van der Waals surface area (Å²) in [7, 11) is 0. The molecule has 23 heavy (non-hydrogen) atoms. The van der Waals surface area contributed by atoms with Crippen molar-refractivity contribution >= 4 is 17.7 Å². The van der Waals surface area contributed by atoms with Crippen LogP contribution in [-0.2, 0) is 4.79 Å². The molecule has 2 aromatic rings. The number of nitrogens with two attached hydrogens (primary N) is 1. The lowest BCUT2D eigenvalue weighted by Gasteiger charge is -2.22. The van der Waals surface area contributed by atoms with Gasteiger partial charge in [-0.3, -0.25) is 4.79 Å². The van der Waals surface area contributed by atoms with Crippen LogP contribution < -0.4 is 11.1 Å². The maximum atomic E-state index is 11.6. The maximum Gasteiger partial charge on any atom is 0.234 e. The third-order valence-corrected chi connectivity index (χ3v) is 4.57. The van der Waals surface area contributed by atoms with Gasteiger partial charge in [0.05, 0.1) is 6.04 Å². The SMILES string of the molecule is CSCC[C@H](NCC(c1ccccc1)c1ccccc1)C(N)=O. The molecule has 2 rings (SSSR count). The summed E-state index contributed by atoms with van der Waals surface area (Å²) in [6, 6.07) is 20.4. The van der Waals surface area contributed by atoms with E-state index in [4.69, 9.17) is 5.73 Å². The number of amides is 1. The zero-order chi connectivity index (χ0) is 16.5. The first-order valence-corrected chi connectivity index (χ1v) is 9.23. The van der Waals surface area contributed by atoms with Gasteiger partial charge in [0.15, 0.2) is 0 Å². The van der Waals surface area contributed by atoms with E-state index in [1.165, 1.54) is 11.1 Å². The average molecular weight is 328 g/mol. The molecule has 1 amide bonds. The molecule has 0 fully saturated rings. The first kappa shape index (κ1) is 17.6. The molecule has 2 aromatic carbocycles. The van der Waals surface area contributed by atoms with Crippen molar-refractivity contribution in [1.29, 1.82) is 0 Å². The Balaban J connectivity index is 2.13. The fourth-order valence-corrected chi connectivity index (χ4v) is 3.11. The first-order valence-electron chi connectivity index (χ1n) is 7.84. The van der Waals surface area contributed by atoms with Crippen LogP contribution in [0.2, 0.25) is 0 Å². The lowest BCUT2D eigenvalue weighted by atomic mass is 9.91. The third-order valence-electron chi connectivity index (χ3n) is 3.93. The maximum absolute atomic E-state index is 11.6. The number of hydrogen-bond acceptors (Lipinski definition) is 3. The highest BCUT2D eigenvalue weighted by Gasteiger charge is 2.19. The first-order chi connectivity index (χ1) is 11.2. The van der Waals surface area contributed by atoms with Crippen molar-refractivity contribution in [2.24, 2.45) is 5.73 Å². The smallest absolute Gasteiger partial charge is 0.234 e. The van der Waals surface area contributed by atoms with Gasteiger partial charge in [0, 0.05) is 12.5 Å². The van der Waals surface area contributed by atoms with Gasteiger partial charge in [-0.2, -0.15) is 11.8 Å². The van der Waals surface area contributed by atoms with Crippen LogP contribution in [-0.4, -0.2) is 30.5 Å². The highest BCUT2D eigenvalue weighted by atomic mass is 32.2. The summed E-state index contributed by atoms with van der Waals surface area (Å²) in [5.74, 6) is 0.842. The molecule has 4 heteroatoms. The highest BCUT2D eigenvalue weighted by molar-refractivity contribution is 7.98. The van der Waals surface area contributed by atoms with Gasteiger partial charge >= 0.3 is 0 Å². The van der Waals surface area contributed by atoms with Crippen LogP contribution in [0.25, 0.3) is 0 Å². The monoisotopic (exact) mass is 328 g/mol. The van der Waals surface area contributed by atoms with Crippen molar-refractivity contribution < 1.29 is 4.79 Å². The summed E-state index contributed by atoms with van der Waals surface area (Å²) in [6.07, 6.45) is 2.79. The van der Waals surface area contributed by atoms with Gasteiger partial charge in [0.2, 0.25) is 5.91 Å². The van der Waals surface area contributed by atoms with Gasteiger partial charge in [-0.1, -0.05) is 60.7 Å². The number of carbonyl (C=O) groups excluding carboxylic acids is 1. The largest absolute Gasteiger partial charge is 0.368 e. The summed E-state index contributed by atoms with van der Waals surface area (Å²) in [4.78, 5) is 11.6. The van der Waals surface area contributed by atoms with Crippen LogP contribution in [0.15, 0.2) is 60.7 Å². The molecule has 0 aromatic heterocycles. The normalized spacial score (nSPS) is 12.3. The molecule has 0 heterocycles. The molecule has 0 saturated heterocycles. The Morgan fingerprint density at radius 1 is 1.04 bits per heavy atom. The van der Waals surface area contributed by atoms with E-state index in [1.54, 1.807) is 11.8 Å². The van der Waals surface area contributed by atoms with E-state index in [0.29, 0.717) is 6.54 Å². The molecule has 3 N–H and O–H groups in total. The minimum absolute atomic E-state index is 0.202. The minimum atomic E-state index is -0.280. The quantitative estimate of drug-likeness (QED) is 0.744. The van der Waals surface area contributed by atoms with E-state index in [1.807, 2.05) is 42.7 Å². The van der Waals surface area contributed by atoms with E-state index in [-0.39, 0.29) is 17.9 Å². The molecule has 0 saturated carbocycles. The molecule has 0 unspecified atom stereocenters. The van der Waals surface area contributed by atoms with Crippen LogP contribution in [0.1, 0.15) is 23.5 Å². The van der Waals surface area contributed by atoms with Gasteiger partial charge in [0.25, 0.3) is 0 Å². The van der Waals surface area contributed by atoms with Gasteiger partial charge in [-0.15, -0.1) is 0 Å². The fraction of sp³-hybridized carbons (Fsp3) is 0.316. The summed E-state index contributed by atoms with van der Waals surface area (Å²) in [5, 5.41) is 3.36. The van der Waals surface area contributed by atoms with Crippen molar-refractivity contribution in [2.45, 2.75) is 18.4 Å². The molecule has 1 atom stereocenters. The second-order valence-corrected chi connectivity index (χ2v) is 6.50. The zero-order valence-electron chi connectivity index (χ0n) is 13.4. The van der Waals surface area contributed by atoms with Crippen LogP contribution in [0, 0.1) is 0 Å². The molecule has 0 radical (unpaired) electrons. The highest BCUT2D eigenvalue weighted by Crippen LogP contribution is 2.24. The predicted molar refractivity (Wildman–Crippen MR) is 98.7 cm³/mol. The van der Waals surface area contributed by atoms with Crippen molar-refractivity contribution in [3.63, 3.8) is 0 Å². The van der Waals surface area contributed by atoms with Crippen molar-refractivity contribution in [3.05, 3.63) is 71.8 Å². The summed E-state index contributed by atoms with van der Waals surface area (Å²) >= 11 is 1.73. The van der Waals surface area contributed by atoms with E-state index in [2.05, 4.69) is 29.6 Å². The topological polar surface area (TPSA) is 55.1 Å². The van der Waals surface area contributed by atoms with Gasteiger partial charge in [0.1, 0.15) is 0 Å². The van der Waals surface area contributed by atoms with E-state index in [0.717, 1.165) is 12.2 Å². The summed E-state index contributed by atoms with van der Waals surface area (Å²) in [6.45, 7) is 0.690. The molecule has 0 aliphatic rings. The third kappa shape index (κ3) is 5.41. The van der Waals surface area contributed by atoms with Crippen LogP contribution in [0.5, 0.6) is 0 Å². The fourth-order valence-electron chi connectivity index (χ4n) is 2.64. The Morgan fingerprint density at radius 2 is 1.57 bits per heavy atom. The number of thioether (sulfide) groups is 1. The molecular formula is C19H24N2OS. The second-order valence-electron chi connectivity index (χ2n) is 5.52. The predicted octanol–water partition coefficient (Wildman–Crippen LogP) is 3.02. The number of primary amides is 1. The minimum Gasteiger partial charge on any atom is -0.368 e. The van der Waals surface area contributed by atoms with E-state index < -0.39 is 0 Å². The number of carbonyl (C=O) groups is 1. The van der Waals surface area contributed by atoms with Gasteiger partial charge in [-0.25, -0.2) is 0 Å². The van der Waals surface area contributed by atoms with Crippen molar-refractivity contribution in [2.75, 3.05) is 18.6 Å². The Morgan fingerprint density at radius 3 is 2.00 bits per heavy atom. The standard InChI is InChI=1S/C19H24N2OS/c1-23-13-12-18(19(20)22)21-14-17(15-8-4-2-5-9-15)16-10-6-3-7-11-16/h2-11,17-18,21H,12-14H2,1H3,(H2,20,22)/t18-/m0/s1. The van der Waals surface area contributed by atoms with E-state index in [9.17, 15) is 4.79 Å². The van der Waals surface area contributed by atoms with E-state index >= 15 is 0 Å². The molecule has 0 aliphatic carbocycles. The molecule has 3 nitrogen and oxygen atoms in total. The lowest BCUT2D eigenvalue weighted by Crippen LogP contribution is -2.43. The molecule has 0 bridgehead atoms. The van der Waals surface area contributed by atoms with Crippen LogP contribution >= 0.6 is 11.8 Å². The van der Waals surface area contributed by atoms with Crippen molar-refractivity contribution in [3.8, 4) is 0 Å². The average Bonchev–Trinajstić information content (AvgIpc) is 2.59. The lowest BCUT2D eigenvalue weighted by molar-refractivity contribution is -0.120. The number of hydrogen-bond donors (Lipinski definition) is 2. The second kappa shape index (κ2) is 9.38. The van der Waals surface area contributed by atoms with Gasteiger partial charge in [-0.05, 0) is 29.6 Å². The Bertz CT molecular complexity index is 549. The molecule has 0 aliphatic heterocycles.